The maximum absolute atomic E-state index is 12.5. The van der Waals surface area contributed by atoms with E-state index in [2.05, 4.69) is 10.0 Å². The molecule has 27 heavy (non-hydrogen) atoms. The number of amides is 1. The van der Waals surface area contributed by atoms with Gasteiger partial charge >= 0.3 is 0 Å². The number of hydrogen-bond donors (Lipinski definition) is 2. The first-order valence-electron chi connectivity index (χ1n) is 8.39. The van der Waals surface area contributed by atoms with Crippen LogP contribution in [0.15, 0.2) is 46.9 Å². The van der Waals surface area contributed by atoms with Gasteiger partial charge < -0.3 is 9.73 Å². The molecule has 1 amide bonds. The van der Waals surface area contributed by atoms with Gasteiger partial charge in [-0.1, -0.05) is 18.5 Å². The Morgan fingerprint density at radius 2 is 1.78 bits per heavy atom. The minimum absolute atomic E-state index is 0.0564. The van der Waals surface area contributed by atoms with Crippen LogP contribution in [0.5, 0.6) is 0 Å². The van der Waals surface area contributed by atoms with E-state index in [0.29, 0.717) is 34.0 Å². The summed E-state index contributed by atoms with van der Waals surface area (Å²) >= 11 is 6.00. The third-order valence-corrected chi connectivity index (χ3v) is 5.72. The molecule has 0 unspecified atom stereocenters. The third-order valence-electron chi connectivity index (χ3n) is 3.99. The summed E-state index contributed by atoms with van der Waals surface area (Å²) in [6.45, 7) is 3.59. The molecule has 2 N–H and O–H groups in total. The highest BCUT2D eigenvalue weighted by molar-refractivity contribution is 7.92. The van der Waals surface area contributed by atoms with Gasteiger partial charge in [0.2, 0.25) is 10.0 Å². The van der Waals surface area contributed by atoms with E-state index in [0.717, 1.165) is 5.39 Å². The number of aryl methyl sites for hydroxylation is 1. The molecule has 0 aliphatic heterocycles. The van der Waals surface area contributed by atoms with Crippen LogP contribution in [0.1, 0.15) is 29.5 Å². The maximum atomic E-state index is 12.5. The molecule has 3 rings (SSSR count). The molecule has 0 saturated heterocycles. The predicted molar refractivity (Wildman–Crippen MR) is 108 cm³/mol. The minimum Gasteiger partial charge on any atom is -0.451 e. The van der Waals surface area contributed by atoms with E-state index in [1.807, 2.05) is 0 Å². The Kier molecular flexibility index (Phi) is 5.43. The van der Waals surface area contributed by atoms with Crippen LogP contribution in [0.3, 0.4) is 0 Å². The lowest BCUT2D eigenvalue weighted by Gasteiger charge is -2.08. The first kappa shape index (κ1) is 19.3. The van der Waals surface area contributed by atoms with Crippen molar-refractivity contribution in [3.63, 3.8) is 0 Å². The lowest BCUT2D eigenvalue weighted by Crippen LogP contribution is -2.16. The number of hydrogen-bond acceptors (Lipinski definition) is 4. The van der Waals surface area contributed by atoms with Gasteiger partial charge in [-0.3, -0.25) is 9.52 Å². The zero-order valence-corrected chi connectivity index (χ0v) is 16.4. The summed E-state index contributed by atoms with van der Waals surface area (Å²) in [5.74, 6) is -0.125. The van der Waals surface area contributed by atoms with Crippen LogP contribution in [0.4, 0.5) is 11.4 Å². The van der Waals surface area contributed by atoms with E-state index < -0.39 is 10.0 Å². The van der Waals surface area contributed by atoms with E-state index >= 15 is 0 Å². The molecule has 0 aliphatic carbocycles. The fourth-order valence-electron chi connectivity index (χ4n) is 2.72. The molecule has 0 aliphatic rings. The predicted octanol–water partition coefficient (Wildman–Crippen LogP) is 4.80. The molecule has 2 aromatic carbocycles. The maximum Gasteiger partial charge on any atom is 0.291 e. The summed E-state index contributed by atoms with van der Waals surface area (Å²) < 4.78 is 31.7. The Morgan fingerprint density at radius 1 is 1.11 bits per heavy atom. The molecule has 0 atom stereocenters. The second-order valence-corrected chi connectivity index (χ2v) is 8.43. The fourth-order valence-corrected chi connectivity index (χ4v) is 4.03. The van der Waals surface area contributed by atoms with Crippen molar-refractivity contribution in [2.24, 2.45) is 0 Å². The zero-order chi connectivity index (χ0) is 19.6. The van der Waals surface area contributed by atoms with Crippen molar-refractivity contribution in [1.82, 2.24) is 0 Å². The van der Waals surface area contributed by atoms with Gasteiger partial charge in [-0.25, -0.2) is 8.42 Å². The van der Waals surface area contributed by atoms with Gasteiger partial charge in [0.05, 0.1) is 5.75 Å². The van der Waals surface area contributed by atoms with Gasteiger partial charge in [0, 0.05) is 27.3 Å². The highest BCUT2D eigenvalue weighted by Crippen LogP contribution is 2.28. The second-order valence-electron chi connectivity index (χ2n) is 6.15. The minimum atomic E-state index is -3.35. The topological polar surface area (TPSA) is 88.4 Å². The summed E-state index contributed by atoms with van der Waals surface area (Å²) in [5, 5.41) is 4.10. The average molecular weight is 407 g/mol. The lowest BCUT2D eigenvalue weighted by atomic mass is 10.1. The molecule has 0 saturated carbocycles. The van der Waals surface area contributed by atoms with Crippen molar-refractivity contribution in [1.29, 1.82) is 0 Å². The van der Waals surface area contributed by atoms with Crippen LogP contribution < -0.4 is 10.0 Å². The lowest BCUT2D eigenvalue weighted by molar-refractivity contribution is 0.0998. The summed E-state index contributed by atoms with van der Waals surface area (Å²) in [4.78, 5) is 12.5. The number of sulfonamides is 1. The first-order chi connectivity index (χ1) is 12.8. The Morgan fingerprint density at radius 3 is 2.44 bits per heavy atom. The smallest absolute Gasteiger partial charge is 0.291 e. The van der Waals surface area contributed by atoms with E-state index in [1.54, 1.807) is 56.3 Å². The number of carbonyl (C=O) groups is 1. The Hall–Kier alpha value is -2.51. The number of anilines is 2. The number of fused-ring (bicyclic) bond motifs is 1. The molecule has 8 heteroatoms. The van der Waals surface area contributed by atoms with Crippen LogP contribution >= 0.6 is 11.6 Å². The zero-order valence-electron chi connectivity index (χ0n) is 14.9. The monoisotopic (exact) mass is 406 g/mol. The van der Waals surface area contributed by atoms with Crippen molar-refractivity contribution < 1.29 is 17.6 Å². The van der Waals surface area contributed by atoms with Crippen molar-refractivity contribution in [2.45, 2.75) is 20.3 Å². The molecule has 0 fully saturated rings. The van der Waals surface area contributed by atoms with Gasteiger partial charge in [-0.05, 0) is 55.8 Å². The number of rotatable bonds is 6. The third kappa shape index (κ3) is 4.43. The largest absolute Gasteiger partial charge is 0.451 e. The van der Waals surface area contributed by atoms with Crippen LogP contribution in [-0.2, 0) is 10.0 Å². The van der Waals surface area contributed by atoms with Crippen LogP contribution in [0, 0.1) is 6.92 Å². The van der Waals surface area contributed by atoms with E-state index in [4.69, 9.17) is 16.0 Å². The molecule has 0 bridgehead atoms. The molecule has 1 heterocycles. The van der Waals surface area contributed by atoms with Gasteiger partial charge in [-0.2, -0.15) is 0 Å². The molecule has 1 aromatic heterocycles. The van der Waals surface area contributed by atoms with Gasteiger partial charge in [-0.15, -0.1) is 0 Å². The highest BCUT2D eigenvalue weighted by atomic mass is 35.5. The van der Waals surface area contributed by atoms with Gasteiger partial charge in [0.25, 0.3) is 5.91 Å². The summed E-state index contributed by atoms with van der Waals surface area (Å²) in [5.41, 5.74) is 2.25. The summed E-state index contributed by atoms with van der Waals surface area (Å²) in [6, 6.07) is 11.6. The normalized spacial score (nSPS) is 11.5. The number of halogens is 1. The van der Waals surface area contributed by atoms with Crippen molar-refractivity contribution in [3.8, 4) is 0 Å². The number of furan rings is 1. The van der Waals surface area contributed by atoms with Gasteiger partial charge in [0.1, 0.15) is 5.58 Å². The van der Waals surface area contributed by atoms with Crippen LogP contribution in [-0.4, -0.2) is 20.1 Å². The highest BCUT2D eigenvalue weighted by Gasteiger charge is 2.18. The Balaban J connectivity index is 1.76. The Labute approximate surface area is 162 Å². The summed E-state index contributed by atoms with van der Waals surface area (Å²) in [7, 11) is -3.35. The first-order valence-corrected chi connectivity index (χ1v) is 10.4. The van der Waals surface area contributed by atoms with Crippen molar-refractivity contribution >= 4 is 49.9 Å². The number of nitrogens with one attached hydrogen (secondary N) is 2. The molecule has 0 radical (unpaired) electrons. The van der Waals surface area contributed by atoms with Crippen LogP contribution in [0.25, 0.3) is 11.0 Å². The molecule has 0 spiro atoms. The molecular weight excluding hydrogens is 388 g/mol. The van der Waals surface area contributed by atoms with E-state index in [-0.39, 0.29) is 17.4 Å². The van der Waals surface area contributed by atoms with E-state index in [1.165, 1.54) is 0 Å². The second kappa shape index (κ2) is 7.62. The molecular formula is C19H19ClN2O4S. The standard InChI is InChI=1S/C19H19ClN2O4S/c1-3-10-27(24,25)22-15-7-5-14(6-8-15)21-19(23)18-12(2)16-11-13(20)4-9-17(16)26-18/h4-9,11,22H,3,10H2,1-2H3,(H,21,23). The van der Waals surface area contributed by atoms with Crippen molar-refractivity contribution in [3.05, 3.63) is 58.8 Å². The van der Waals surface area contributed by atoms with E-state index in [9.17, 15) is 13.2 Å². The SMILES string of the molecule is CCCS(=O)(=O)Nc1ccc(NC(=O)c2oc3ccc(Cl)cc3c2C)cc1. The van der Waals surface area contributed by atoms with Gasteiger partial charge in [0.15, 0.2) is 5.76 Å². The fraction of sp³-hybridized carbons (Fsp3) is 0.211. The van der Waals surface area contributed by atoms with Crippen LogP contribution in [0.2, 0.25) is 5.02 Å². The number of carbonyl (C=O) groups excluding carboxylic acids is 1. The molecule has 6 nitrogen and oxygen atoms in total. The summed E-state index contributed by atoms with van der Waals surface area (Å²) in [6.07, 6.45) is 0.533. The number of benzene rings is 2. The quantitative estimate of drug-likeness (QED) is 0.615. The van der Waals surface area contributed by atoms with Crippen molar-refractivity contribution in [2.75, 3.05) is 15.8 Å². The Bertz CT molecular complexity index is 1090. The average Bonchev–Trinajstić information content (AvgIpc) is 2.93. The molecule has 142 valence electrons. The molecule has 3 aromatic rings.